The van der Waals surface area contributed by atoms with Crippen molar-refractivity contribution in [1.82, 2.24) is 0 Å². The highest BCUT2D eigenvalue weighted by atomic mass is 32.2. The molecular formula is C27H38O5S. The molecule has 1 aliphatic rings. The summed E-state index contributed by atoms with van der Waals surface area (Å²) in [7, 11) is -4.00. The largest absolute Gasteiger partial charge is 0.343 e. The molecule has 5 nitrogen and oxygen atoms in total. The molecule has 0 radical (unpaired) electrons. The Hall–Kier alpha value is -1.73. The van der Waals surface area contributed by atoms with Crippen molar-refractivity contribution < 1.29 is 22.1 Å². The molecule has 2 aromatic rings. The van der Waals surface area contributed by atoms with Crippen molar-refractivity contribution in [2.24, 2.45) is 5.92 Å². The normalized spacial score (nSPS) is 17.3. The van der Waals surface area contributed by atoms with Crippen LogP contribution in [0.2, 0.25) is 0 Å². The molecular weight excluding hydrogens is 436 g/mol. The van der Waals surface area contributed by atoms with Gasteiger partial charge in [0, 0.05) is 11.5 Å². The van der Waals surface area contributed by atoms with Crippen LogP contribution in [0.25, 0.3) is 0 Å². The van der Waals surface area contributed by atoms with Gasteiger partial charge in [-0.3, -0.25) is 4.18 Å². The van der Waals surface area contributed by atoms with Crippen molar-refractivity contribution in [3.8, 4) is 0 Å². The summed E-state index contributed by atoms with van der Waals surface area (Å²) in [5, 5.41) is 0. The second kappa shape index (κ2) is 10.3. The van der Waals surface area contributed by atoms with Crippen LogP contribution in [0.1, 0.15) is 88.5 Å². The zero-order chi connectivity index (χ0) is 24.4. The Morgan fingerprint density at radius 2 is 1.36 bits per heavy atom. The lowest BCUT2D eigenvalue weighted by atomic mass is 9.89. The van der Waals surface area contributed by atoms with Gasteiger partial charge >= 0.3 is 0 Å². The first-order valence-corrected chi connectivity index (χ1v) is 13.3. The molecule has 6 heteroatoms. The van der Waals surface area contributed by atoms with Gasteiger partial charge < -0.3 is 9.47 Å². The van der Waals surface area contributed by atoms with E-state index in [2.05, 4.69) is 13.8 Å². The Labute approximate surface area is 199 Å². The van der Waals surface area contributed by atoms with Crippen LogP contribution in [-0.2, 0) is 29.6 Å². The highest BCUT2D eigenvalue weighted by molar-refractivity contribution is 7.86. The second-order valence-electron chi connectivity index (χ2n) is 9.86. The monoisotopic (exact) mass is 474 g/mol. The van der Waals surface area contributed by atoms with E-state index >= 15 is 0 Å². The molecule has 0 N–H and O–H groups in total. The van der Waals surface area contributed by atoms with Crippen molar-refractivity contribution in [2.45, 2.75) is 76.9 Å². The van der Waals surface area contributed by atoms with E-state index in [0.717, 1.165) is 22.3 Å². The van der Waals surface area contributed by atoms with Gasteiger partial charge in [-0.25, -0.2) is 0 Å². The first kappa shape index (κ1) is 25.9. The van der Waals surface area contributed by atoms with Crippen molar-refractivity contribution >= 4 is 10.1 Å². The molecule has 1 aliphatic heterocycles. The molecule has 1 atom stereocenters. The van der Waals surface area contributed by atoms with Gasteiger partial charge in [0.15, 0.2) is 5.79 Å². The van der Waals surface area contributed by atoms with Gasteiger partial charge in [0.25, 0.3) is 10.1 Å². The summed E-state index contributed by atoms with van der Waals surface area (Å²) in [5.74, 6) is -0.953. The molecule has 0 amide bonds. The van der Waals surface area contributed by atoms with Crippen LogP contribution in [0.4, 0.5) is 0 Å². The average Bonchev–Trinajstić information content (AvgIpc) is 3.28. The van der Waals surface area contributed by atoms with Crippen LogP contribution in [0.15, 0.2) is 47.4 Å². The van der Waals surface area contributed by atoms with E-state index in [1.165, 1.54) is 0 Å². The molecule has 1 unspecified atom stereocenters. The standard InChI is InChI=1S/C27H38O5S/c1-18(2)22-15-24(19(3)4)26(25(16-22)20(5)6)33(28,29)32-17-21(7)27(30-13-14-31-27)23-11-9-8-10-12-23/h8-12,15-16,18-21H,13-14,17H2,1-7H3. The van der Waals surface area contributed by atoms with E-state index in [1.807, 2.05) is 77.1 Å². The molecule has 2 aromatic carbocycles. The smallest absolute Gasteiger partial charge is 0.297 e. The predicted molar refractivity (Wildman–Crippen MR) is 131 cm³/mol. The van der Waals surface area contributed by atoms with E-state index in [1.54, 1.807) is 0 Å². The number of hydrogen-bond donors (Lipinski definition) is 0. The third-order valence-electron chi connectivity index (χ3n) is 6.34. The number of ether oxygens (including phenoxy) is 2. The van der Waals surface area contributed by atoms with Crippen LogP contribution in [0.5, 0.6) is 0 Å². The molecule has 0 saturated carbocycles. The Bertz CT molecular complexity index is 1010. The molecule has 1 fully saturated rings. The van der Waals surface area contributed by atoms with Crippen LogP contribution >= 0.6 is 0 Å². The third kappa shape index (κ3) is 5.35. The lowest BCUT2D eigenvalue weighted by molar-refractivity contribution is -0.206. The molecule has 3 rings (SSSR count). The average molecular weight is 475 g/mol. The zero-order valence-corrected chi connectivity index (χ0v) is 21.7. The zero-order valence-electron chi connectivity index (χ0n) is 20.9. The van der Waals surface area contributed by atoms with Crippen LogP contribution in [-0.4, -0.2) is 28.2 Å². The van der Waals surface area contributed by atoms with E-state index in [9.17, 15) is 8.42 Å². The fourth-order valence-corrected chi connectivity index (χ4v) is 6.04. The summed E-state index contributed by atoms with van der Waals surface area (Å²) in [6.07, 6.45) is 0. The maximum atomic E-state index is 13.6. The summed E-state index contributed by atoms with van der Waals surface area (Å²) >= 11 is 0. The van der Waals surface area contributed by atoms with Crippen LogP contribution in [0, 0.1) is 5.92 Å². The molecule has 0 aliphatic carbocycles. The summed E-state index contributed by atoms with van der Waals surface area (Å²) in [5.41, 5.74) is 3.63. The first-order chi connectivity index (χ1) is 15.5. The van der Waals surface area contributed by atoms with Gasteiger partial charge in [-0.2, -0.15) is 8.42 Å². The van der Waals surface area contributed by atoms with E-state index in [0.29, 0.717) is 24.0 Å². The molecule has 33 heavy (non-hydrogen) atoms. The SMILES string of the molecule is CC(C)c1cc(C(C)C)c(S(=O)(=O)OCC(C)C2(c3ccccc3)OCCO2)c(C(C)C)c1. The van der Waals surface area contributed by atoms with Crippen molar-refractivity contribution in [3.63, 3.8) is 0 Å². The molecule has 1 saturated heterocycles. The lowest BCUT2D eigenvalue weighted by Crippen LogP contribution is -2.38. The predicted octanol–water partition coefficient (Wildman–Crippen LogP) is 6.30. The molecule has 0 aromatic heterocycles. The van der Waals surface area contributed by atoms with Gasteiger partial charge in [-0.1, -0.05) is 90.9 Å². The molecule has 182 valence electrons. The van der Waals surface area contributed by atoms with Gasteiger partial charge in [-0.05, 0) is 34.4 Å². The summed E-state index contributed by atoms with van der Waals surface area (Å²) in [6.45, 7) is 15.1. The van der Waals surface area contributed by atoms with Crippen LogP contribution in [0.3, 0.4) is 0 Å². The highest BCUT2D eigenvalue weighted by Gasteiger charge is 2.44. The Morgan fingerprint density at radius 3 is 1.82 bits per heavy atom. The highest BCUT2D eigenvalue weighted by Crippen LogP contribution is 2.40. The van der Waals surface area contributed by atoms with Crippen LogP contribution < -0.4 is 0 Å². The fraction of sp³-hybridized carbons (Fsp3) is 0.556. The fourth-order valence-electron chi connectivity index (χ4n) is 4.37. The van der Waals surface area contributed by atoms with E-state index in [4.69, 9.17) is 13.7 Å². The van der Waals surface area contributed by atoms with E-state index < -0.39 is 15.9 Å². The van der Waals surface area contributed by atoms with E-state index in [-0.39, 0.29) is 24.4 Å². The Morgan fingerprint density at radius 1 is 0.848 bits per heavy atom. The van der Waals surface area contributed by atoms with Crippen molar-refractivity contribution in [3.05, 3.63) is 64.7 Å². The first-order valence-electron chi connectivity index (χ1n) is 11.9. The maximum Gasteiger partial charge on any atom is 0.297 e. The minimum absolute atomic E-state index is 0.0434. The van der Waals surface area contributed by atoms with Gasteiger partial charge in [-0.15, -0.1) is 0 Å². The van der Waals surface area contributed by atoms with Gasteiger partial charge in [0.05, 0.1) is 19.8 Å². The molecule has 1 heterocycles. The Kier molecular flexibility index (Phi) is 8.05. The van der Waals surface area contributed by atoms with Gasteiger partial charge in [0.1, 0.15) is 4.90 Å². The molecule has 0 spiro atoms. The topological polar surface area (TPSA) is 61.8 Å². The van der Waals surface area contributed by atoms with Crippen molar-refractivity contribution in [1.29, 1.82) is 0 Å². The van der Waals surface area contributed by atoms with Gasteiger partial charge in [0.2, 0.25) is 0 Å². The molecule has 0 bridgehead atoms. The number of hydrogen-bond acceptors (Lipinski definition) is 5. The summed E-state index contributed by atoms with van der Waals surface area (Å²) in [6, 6.07) is 13.7. The lowest BCUT2D eigenvalue weighted by Gasteiger charge is -2.33. The quantitative estimate of drug-likeness (QED) is 0.399. The maximum absolute atomic E-state index is 13.6. The second-order valence-corrected chi connectivity index (χ2v) is 11.4. The minimum Gasteiger partial charge on any atom is -0.343 e. The number of rotatable bonds is 9. The van der Waals surface area contributed by atoms with Crippen molar-refractivity contribution in [2.75, 3.05) is 19.8 Å². The number of benzene rings is 2. The minimum atomic E-state index is -4.00. The summed E-state index contributed by atoms with van der Waals surface area (Å²) < 4.78 is 45.0. The summed E-state index contributed by atoms with van der Waals surface area (Å²) in [4.78, 5) is 0.311. The third-order valence-corrected chi connectivity index (χ3v) is 7.76. The Balaban J connectivity index is 1.96.